The summed E-state index contributed by atoms with van der Waals surface area (Å²) < 4.78 is 10.6. The molecule has 2 aromatic rings. The fraction of sp³-hybridized carbons (Fsp3) is 0.333. The average molecular weight is 385 g/mol. The zero-order valence-electron chi connectivity index (χ0n) is 16.5. The van der Waals surface area contributed by atoms with Crippen LogP contribution in [0.5, 0.6) is 11.5 Å². The predicted molar refractivity (Wildman–Crippen MR) is 110 cm³/mol. The van der Waals surface area contributed by atoms with E-state index in [1.54, 1.807) is 18.2 Å². The van der Waals surface area contributed by atoms with Crippen LogP contribution >= 0.6 is 0 Å². The van der Waals surface area contributed by atoms with Crippen molar-refractivity contribution in [1.82, 2.24) is 5.32 Å². The van der Waals surface area contributed by atoms with Gasteiger partial charge < -0.3 is 25.0 Å². The van der Waals surface area contributed by atoms with Crippen LogP contribution in [0.1, 0.15) is 13.8 Å². The van der Waals surface area contributed by atoms with E-state index < -0.39 is 5.91 Å². The number of hydrogen-bond donors (Lipinski definition) is 2. The van der Waals surface area contributed by atoms with Crippen LogP contribution in [0.3, 0.4) is 0 Å². The molecule has 0 aromatic heterocycles. The lowest BCUT2D eigenvalue weighted by atomic mass is 10.2. The van der Waals surface area contributed by atoms with E-state index in [0.29, 0.717) is 17.2 Å². The van der Waals surface area contributed by atoms with E-state index in [1.165, 1.54) is 7.11 Å². The molecule has 0 heterocycles. The molecule has 0 aliphatic rings. The first kappa shape index (κ1) is 21.1. The molecule has 2 N–H and O–H groups in total. The first-order chi connectivity index (χ1) is 13.6. The fourth-order valence-corrected chi connectivity index (χ4v) is 2.66. The first-order valence-electron chi connectivity index (χ1n) is 9.24. The number of methoxy groups -OCH3 is 1. The minimum absolute atomic E-state index is 0.133. The van der Waals surface area contributed by atoms with Crippen LogP contribution in [0.2, 0.25) is 0 Å². The molecule has 7 heteroatoms. The smallest absolute Gasteiger partial charge is 0.258 e. The van der Waals surface area contributed by atoms with Gasteiger partial charge in [0.2, 0.25) is 5.91 Å². The predicted octanol–water partition coefficient (Wildman–Crippen LogP) is 2.68. The van der Waals surface area contributed by atoms with Crippen LogP contribution in [0.25, 0.3) is 0 Å². The highest BCUT2D eigenvalue weighted by atomic mass is 16.5. The Morgan fingerprint density at radius 2 is 1.57 bits per heavy atom. The molecule has 2 amide bonds. The van der Waals surface area contributed by atoms with E-state index in [9.17, 15) is 9.59 Å². The number of anilines is 2. The second-order valence-corrected chi connectivity index (χ2v) is 5.98. The van der Waals surface area contributed by atoms with Gasteiger partial charge in [-0.1, -0.05) is 12.1 Å². The Labute approximate surface area is 165 Å². The lowest BCUT2D eigenvalue weighted by Gasteiger charge is -2.21. The summed E-state index contributed by atoms with van der Waals surface area (Å²) in [6.45, 7) is 5.70. The fourth-order valence-electron chi connectivity index (χ4n) is 2.66. The SMILES string of the molecule is CCN(CC)c1ccc(NC(=O)CNC(=O)COc2ccccc2OC)cc1. The Morgan fingerprint density at radius 3 is 2.18 bits per heavy atom. The number of nitrogens with zero attached hydrogens (tertiary/aromatic N) is 1. The molecule has 0 spiro atoms. The molecular formula is C21H27N3O4. The van der Waals surface area contributed by atoms with Gasteiger partial charge in [-0.05, 0) is 50.2 Å². The Bertz CT molecular complexity index is 773. The van der Waals surface area contributed by atoms with E-state index >= 15 is 0 Å². The van der Waals surface area contributed by atoms with E-state index in [4.69, 9.17) is 9.47 Å². The summed E-state index contributed by atoms with van der Waals surface area (Å²) in [7, 11) is 1.53. The van der Waals surface area contributed by atoms with Crippen molar-refractivity contribution in [2.24, 2.45) is 0 Å². The Kier molecular flexibility index (Phi) is 8.14. The molecule has 0 saturated heterocycles. The number of hydrogen-bond acceptors (Lipinski definition) is 5. The number of carbonyl (C=O) groups is 2. The number of rotatable bonds is 10. The van der Waals surface area contributed by atoms with Gasteiger partial charge in [0.05, 0.1) is 13.7 Å². The van der Waals surface area contributed by atoms with Crippen LogP contribution in [0.15, 0.2) is 48.5 Å². The molecule has 0 saturated carbocycles. The van der Waals surface area contributed by atoms with E-state index in [0.717, 1.165) is 18.8 Å². The summed E-state index contributed by atoms with van der Waals surface area (Å²) in [6.07, 6.45) is 0. The van der Waals surface area contributed by atoms with Crippen LogP contribution in [0, 0.1) is 0 Å². The van der Waals surface area contributed by atoms with Crippen LogP contribution in [-0.4, -0.2) is 45.2 Å². The van der Waals surface area contributed by atoms with Gasteiger partial charge in [-0.2, -0.15) is 0 Å². The van der Waals surface area contributed by atoms with Crippen molar-refractivity contribution in [3.8, 4) is 11.5 Å². The van der Waals surface area contributed by atoms with Gasteiger partial charge in [0.25, 0.3) is 5.91 Å². The molecule has 0 atom stereocenters. The molecule has 0 aliphatic carbocycles. The normalized spacial score (nSPS) is 10.1. The number of para-hydroxylation sites is 2. The average Bonchev–Trinajstić information content (AvgIpc) is 2.73. The zero-order chi connectivity index (χ0) is 20.4. The summed E-state index contributed by atoms with van der Waals surface area (Å²) in [5.41, 5.74) is 1.78. The maximum atomic E-state index is 12.0. The number of ether oxygens (including phenoxy) is 2. The number of nitrogens with one attached hydrogen (secondary N) is 2. The van der Waals surface area contributed by atoms with Gasteiger partial charge in [0, 0.05) is 24.5 Å². The topological polar surface area (TPSA) is 79.9 Å². The second kappa shape index (κ2) is 10.8. The standard InChI is InChI=1S/C21H27N3O4/c1-4-24(5-2)17-12-10-16(11-13-17)23-20(25)14-22-21(26)15-28-19-9-7-6-8-18(19)27-3/h6-13H,4-5,14-15H2,1-3H3,(H,22,26)(H,23,25). The van der Waals surface area contributed by atoms with E-state index in [-0.39, 0.29) is 19.1 Å². The molecule has 150 valence electrons. The minimum Gasteiger partial charge on any atom is -0.493 e. The van der Waals surface area contributed by atoms with Crippen molar-refractivity contribution in [3.63, 3.8) is 0 Å². The molecule has 0 fully saturated rings. The molecular weight excluding hydrogens is 358 g/mol. The Balaban J connectivity index is 1.76. The lowest BCUT2D eigenvalue weighted by Crippen LogP contribution is -2.35. The highest BCUT2D eigenvalue weighted by Crippen LogP contribution is 2.25. The van der Waals surface area contributed by atoms with Gasteiger partial charge in [-0.3, -0.25) is 9.59 Å². The van der Waals surface area contributed by atoms with E-state index in [1.807, 2.05) is 30.3 Å². The first-order valence-corrected chi connectivity index (χ1v) is 9.24. The van der Waals surface area contributed by atoms with Crippen LogP contribution in [-0.2, 0) is 9.59 Å². The summed E-state index contributed by atoms with van der Waals surface area (Å²) >= 11 is 0. The van der Waals surface area contributed by atoms with Gasteiger partial charge >= 0.3 is 0 Å². The van der Waals surface area contributed by atoms with Crippen molar-refractivity contribution < 1.29 is 19.1 Å². The van der Waals surface area contributed by atoms with Crippen molar-refractivity contribution in [3.05, 3.63) is 48.5 Å². The number of benzene rings is 2. The van der Waals surface area contributed by atoms with Crippen molar-refractivity contribution in [1.29, 1.82) is 0 Å². The molecule has 2 aromatic carbocycles. The van der Waals surface area contributed by atoms with E-state index in [2.05, 4.69) is 29.4 Å². The summed E-state index contributed by atoms with van der Waals surface area (Å²) in [6, 6.07) is 14.7. The molecule has 2 rings (SSSR count). The third-order valence-electron chi connectivity index (χ3n) is 4.15. The summed E-state index contributed by atoms with van der Waals surface area (Å²) in [5.74, 6) is 0.318. The third-order valence-corrected chi connectivity index (χ3v) is 4.15. The third kappa shape index (κ3) is 6.19. The minimum atomic E-state index is -0.391. The Morgan fingerprint density at radius 1 is 0.929 bits per heavy atom. The summed E-state index contributed by atoms with van der Waals surface area (Å²) in [5, 5.41) is 5.29. The van der Waals surface area contributed by atoms with Crippen molar-refractivity contribution in [2.45, 2.75) is 13.8 Å². The molecule has 0 radical (unpaired) electrons. The number of amides is 2. The maximum Gasteiger partial charge on any atom is 0.258 e. The van der Waals surface area contributed by atoms with Crippen LogP contribution < -0.4 is 25.0 Å². The van der Waals surface area contributed by atoms with Crippen LogP contribution in [0.4, 0.5) is 11.4 Å². The molecule has 0 aliphatic heterocycles. The monoisotopic (exact) mass is 385 g/mol. The molecule has 0 unspecified atom stereocenters. The van der Waals surface area contributed by atoms with Crippen molar-refractivity contribution in [2.75, 3.05) is 43.6 Å². The maximum absolute atomic E-state index is 12.0. The van der Waals surface area contributed by atoms with Gasteiger partial charge in [0.15, 0.2) is 18.1 Å². The quantitative estimate of drug-likeness (QED) is 0.657. The molecule has 28 heavy (non-hydrogen) atoms. The van der Waals surface area contributed by atoms with Gasteiger partial charge in [-0.15, -0.1) is 0 Å². The second-order valence-electron chi connectivity index (χ2n) is 5.98. The number of carbonyl (C=O) groups excluding carboxylic acids is 2. The zero-order valence-corrected chi connectivity index (χ0v) is 16.5. The highest BCUT2D eigenvalue weighted by Gasteiger charge is 2.09. The van der Waals surface area contributed by atoms with Gasteiger partial charge in [-0.25, -0.2) is 0 Å². The Hall–Kier alpha value is -3.22. The molecule has 7 nitrogen and oxygen atoms in total. The highest BCUT2D eigenvalue weighted by molar-refractivity contribution is 5.94. The largest absolute Gasteiger partial charge is 0.493 e. The van der Waals surface area contributed by atoms with Crippen molar-refractivity contribution >= 4 is 23.2 Å². The molecule has 0 bridgehead atoms. The summed E-state index contributed by atoms with van der Waals surface area (Å²) in [4.78, 5) is 26.1. The van der Waals surface area contributed by atoms with Gasteiger partial charge in [0.1, 0.15) is 0 Å². The lowest BCUT2D eigenvalue weighted by molar-refractivity contribution is -0.125.